The number of para-hydroxylation sites is 1. The van der Waals surface area contributed by atoms with Gasteiger partial charge >= 0.3 is 0 Å². The van der Waals surface area contributed by atoms with Gasteiger partial charge in [0.25, 0.3) is 0 Å². The average Bonchev–Trinajstić information content (AvgIpc) is 2.76. The van der Waals surface area contributed by atoms with Gasteiger partial charge in [0, 0.05) is 42.2 Å². The molecule has 0 amide bonds. The number of rotatable bonds is 7. The van der Waals surface area contributed by atoms with E-state index in [2.05, 4.69) is 4.98 Å². The van der Waals surface area contributed by atoms with Gasteiger partial charge in [-0.25, -0.2) is 0 Å². The topological polar surface area (TPSA) is 80.8 Å². The number of hydrogen-bond donors (Lipinski definition) is 2. The minimum atomic E-state index is -0.703. The highest BCUT2D eigenvalue weighted by Gasteiger charge is 2.29. The Labute approximate surface area is 175 Å². The first kappa shape index (κ1) is 20.4. The van der Waals surface area contributed by atoms with Gasteiger partial charge < -0.3 is 24.3 Å². The molecule has 0 atom stereocenters. The Balaban J connectivity index is 1.38. The normalized spacial score (nSPS) is 15.8. The zero-order valence-electron chi connectivity index (χ0n) is 17.1. The minimum absolute atomic E-state index is 0.0195. The number of nitrogens with one attached hydrogen (secondary N) is 1. The summed E-state index contributed by atoms with van der Waals surface area (Å²) in [5.74, 6) is 1.34. The summed E-state index contributed by atoms with van der Waals surface area (Å²) in [5.41, 5.74) is 1.53. The van der Waals surface area contributed by atoms with Gasteiger partial charge in [0.15, 0.2) is 5.43 Å². The summed E-state index contributed by atoms with van der Waals surface area (Å²) in [4.78, 5) is 15.9. The van der Waals surface area contributed by atoms with Crippen LogP contribution in [0.2, 0.25) is 0 Å². The van der Waals surface area contributed by atoms with Crippen LogP contribution in [0.1, 0.15) is 30.5 Å². The SMILES string of the molecule is Cc1c(COc2cccc(OCCC3(O)CCOCC3)c2)[nH]c2ccccc2c1=O. The van der Waals surface area contributed by atoms with Gasteiger partial charge in [-0.1, -0.05) is 18.2 Å². The molecule has 4 rings (SSSR count). The number of hydrogen-bond acceptors (Lipinski definition) is 5. The Bertz CT molecular complexity index is 1070. The van der Waals surface area contributed by atoms with E-state index in [4.69, 9.17) is 14.2 Å². The molecular formula is C24H27NO5. The highest BCUT2D eigenvalue weighted by atomic mass is 16.5. The highest BCUT2D eigenvalue weighted by Crippen LogP contribution is 2.26. The van der Waals surface area contributed by atoms with Crippen molar-refractivity contribution in [3.63, 3.8) is 0 Å². The lowest BCUT2D eigenvalue weighted by molar-refractivity contribution is -0.0729. The van der Waals surface area contributed by atoms with Crippen molar-refractivity contribution in [3.05, 3.63) is 70.0 Å². The van der Waals surface area contributed by atoms with Crippen molar-refractivity contribution in [2.75, 3.05) is 19.8 Å². The maximum Gasteiger partial charge on any atom is 0.192 e. The van der Waals surface area contributed by atoms with Crippen LogP contribution < -0.4 is 14.9 Å². The summed E-state index contributed by atoms with van der Waals surface area (Å²) in [6, 6.07) is 14.9. The second kappa shape index (κ2) is 8.90. The number of H-pyrrole nitrogens is 1. The van der Waals surface area contributed by atoms with Gasteiger partial charge in [0.05, 0.1) is 17.9 Å². The van der Waals surface area contributed by atoms with Crippen LogP contribution in [-0.2, 0) is 11.3 Å². The molecule has 6 nitrogen and oxygen atoms in total. The second-order valence-corrected chi connectivity index (χ2v) is 7.80. The molecule has 2 heterocycles. The Hall–Kier alpha value is -2.83. The first-order chi connectivity index (χ1) is 14.5. The fraction of sp³-hybridized carbons (Fsp3) is 0.375. The number of aromatic amines is 1. The fourth-order valence-electron chi connectivity index (χ4n) is 3.70. The van der Waals surface area contributed by atoms with Crippen molar-refractivity contribution in [2.45, 2.75) is 38.4 Å². The minimum Gasteiger partial charge on any atom is -0.493 e. The largest absolute Gasteiger partial charge is 0.493 e. The average molecular weight is 409 g/mol. The highest BCUT2D eigenvalue weighted by molar-refractivity contribution is 5.79. The van der Waals surface area contributed by atoms with Crippen LogP contribution in [0.5, 0.6) is 11.5 Å². The summed E-state index contributed by atoms with van der Waals surface area (Å²) in [6.07, 6.45) is 1.85. The van der Waals surface area contributed by atoms with Gasteiger partial charge in [-0.3, -0.25) is 4.79 Å². The molecule has 0 bridgehead atoms. The lowest BCUT2D eigenvalue weighted by atomic mass is 9.91. The molecule has 1 fully saturated rings. The third-order valence-corrected chi connectivity index (χ3v) is 5.70. The molecular weight excluding hydrogens is 382 g/mol. The Morgan fingerprint density at radius 2 is 1.80 bits per heavy atom. The van der Waals surface area contributed by atoms with Crippen LogP contribution in [0.25, 0.3) is 10.9 Å². The standard InChI is InChI=1S/C24H27NO5/c1-17-22(25-21-8-3-2-7-20(21)23(17)26)16-30-19-6-4-5-18(15-19)29-14-11-24(27)9-12-28-13-10-24/h2-8,15,27H,9-14,16H2,1H3,(H,25,26). The first-order valence-electron chi connectivity index (χ1n) is 10.3. The quantitative estimate of drug-likeness (QED) is 0.622. The number of aromatic nitrogens is 1. The zero-order valence-corrected chi connectivity index (χ0v) is 17.1. The van der Waals surface area contributed by atoms with E-state index in [1.807, 2.05) is 55.5 Å². The smallest absolute Gasteiger partial charge is 0.192 e. The molecule has 1 saturated heterocycles. The van der Waals surface area contributed by atoms with Crippen molar-refractivity contribution in [1.82, 2.24) is 4.98 Å². The van der Waals surface area contributed by atoms with Crippen molar-refractivity contribution >= 4 is 10.9 Å². The van der Waals surface area contributed by atoms with Crippen molar-refractivity contribution in [1.29, 1.82) is 0 Å². The molecule has 0 spiro atoms. The zero-order chi connectivity index (χ0) is 21.0. The van der Waals surface area contributed by atoms with E-state index in [0.29, 0.717) is 61.5 Å². The van der Waals surface area contributed by atoms with Crippen molar-refractivity contribution in [2.24, 2.45) is 0 Å². The van der Waals surface area contributed by atoms with Crippen LogP contribution in [0.15, 0.2) is 53.3 Å². The molecule has 1 aliphatic heterocycles. The predicted molar refractivity (Wildman–Crippen MR) is 115 cm³/mol. The number of ether oxygens (including phenoxy) is 3. The number of pyridine rings is 1. The second-order valence-electron chi connectivity index (χ2n) is 7.80. The van der Waals surface area contributed by atoms with Crippen LogP contribution in [0, 0.1) is 6.92 Å². The first-order valence-corrected chi connectivity index (χ1v) is 10.3. The summed E-state index contributed by atoms with van der Waals surface area (Å²) in [5, 5.41) is 11.2. The van der Waals surface area contributed by atoms with Gasteiger partial charge in [-0.15, -0.1) is 0 Å². The molecule has 158 valence electrons. The molecule has 30 heavy (non-hydrogen) atoms. The number of aliphatic hydroxyl groups is 1. The monoisotopic (exact) mass is 409 g/mol. The third-order valence-electron chi connectivity index (χ3n) is 5.70. The van der Waals surface area contributed by atoms with E-state index in [9.17, 15) is 9.90 Å². The van der Waals surface area contributed by atoms with Crippen molar-refractivity contribution < 1.29 is 19.3 Å². The molecule has 2 aromatic carbocycles. The molecule has 3 aromatic rings. The maximum absolute atomic E-state index is 12.6. The van der Waals surface area contributed by atoms with E-state index in [1.54, 1.807) is 0 Å². The molecule has 0 saturated carbocycles. The van der Waals surface area contributed by atoms with Gasteiger partial charge in [-0.05, 0) is 44.0 Å². The van der Waals surface area contributed by atoms with E-state index >= 15 is 0 Å². The molecule has 0 aliphatic carbocycles. The van der Waals surface area contributed by atoms with E-state index in [1.165, 1.54) is 0 Å². The lowest BCUT2D eigenvalue weighted by Crippen LogP contribution is -2.37. The maximum atomic E-state index is 12.6. The summed E-state index contributed by atoms with van der Waals surface area (Å²) in [6.45, 7) is 3.68. The summed E-state index contributed by atoms with van der Waals surface area (Å²) in [7, 11) is 0. The third kappa shape index (κ3) is 4.66. The van der Waals surface area contributed by atoms with E-state index in [-0.39, 0.29) is 12.0 Å². The Morgan fingerprint density at radius 1 is 1.07 bits per heavy atom. The summed E-state index contributed by atoms with van der Waals surface area (Å²) >= 11 is 0. The molecule has 2 N–H and O–H groups in total. The van der Waals surface area contributed by atoms with Crippen LogP contribution in [-0.4, -0.2) is 35.5 Å². The molecule has 0 unspecified atom stereocenters. The molecule has 1 aromatic heterocycles. The Morgan fingerprint density at radius 3 is 2.60 bits per heavy atom. The number of fused-ring (bicyclic) bond motifs is 1. The van der Waals surface area contributed by atoms with Gasteiger partial charge in [0.1, 0.15) is 18.1 Å². The van der Waals surface area contributed by atoms with Gasteiger partial charge in [-0.2, -0.15) is 0 Å². The Kier molecular flexibility index (Phi) is 6.06. The lowest BCUT2D eigenvalue weighted by Gasteiger charge is -2.31. The van der Waals surface area contributed by atoms with E-state index < -0.39 is 5.60 Å². The van der Waals surface area contributed by atoms with Crippen LogP contribution in [0.3, 0.4) is 0 Å². The van der Waals surface area contributed by atoms with E-state index in [0.717, 1.165) is 11.2 Å². The number of benzene rings is 2. The summed E-state index contributed by atoms with van der Waals surface area (Å²) < 4.78 is 17.1. The molecule has 1 aliphatic rings. The van der Waals surface area contributed by atoms with Gasteiger partial charge in [0.2, 0.25) is 0 Å². The fourth-order valence-corrected chi connectivity index (χ4v) is 3.70. The predicted octanol–water partition coefficient (Wildman–Crippen LogP) is 3.73. The van der Waals surface area contributed by atoms with Crippen molar-refractivity contribution in [3.8, 4) is 11.5 Å². The molecule has 6 heteroatoms. The molecule has 0 radical (unpaired) electrons. The van der Waals surface area contributed by atoms with Crippen LogP contribution >= 0.6 is 0 Å². The van der Waals surface area contributed by atoms with Crippen LogP contribution in [0.4, 0.5) is 0 Å².